The van der Waals surface area contributed by atoms with Crippen LogP contribution in [0.3, 0.4) is 0 Å². The summed E-state index contributed by atoms with van der Waals surface area (Å²) in [5.74, 6) is 0.0711. The van der Waals surface area contributed by atoms with E-state index in [0.717, 1.165) is 21.7 Å². The van der Waals surface area contributed by atoms with Crippen molar-refractivity contribution < 1.29 is 27.5 Å². The second kappa shape index (κ2) is 10.1. The van der Waals surface area contributed by atoms with Gasteiger partial charge in [-0.1, -0.05) is 29.8 Å². The molecule has 0 aromatic heterocycles. The molecule has 1 atom stereocenters. The molecule has 0 aliphatic carbocycles. The number of likely N-dealkylation sites (N-methyl/N-ethyl adjacent to an activating group) is 1. The number of amides is 2. The van der Waals surface area contributed by atoms with Crippen LogP contribution in [0, 0.1) is 6.92 Å². The van der Waals surface area contributed by atoms with E-state index in [1.807, 2.05) is 31.2 Å². The third-order valence-corrected chi connectivity index (χ3v) is 6.52. The Labute approximate surface area is 194 Å². The maximum absolute atomic E-state index is 13.4. The van der Waals surface area contributed by atoms with Crippen molar-refractivity contribution >= 4 is 27.5 Å². The Morgan fingerprint density at radius 1 is 1.06 bits per heavy atom. The molecule has 1 heterocycles. The van der Waals surface area contributed by atoms with Crippen LogP contribution in [0.15, 0.2) is 42.5 Å². The first-order valence-corrected chi connectivity index (χ1v) is 12.4. The zero-order chi connectivity index (χ0) is 24.2. The van der Waals surface area contributed by atoms with Gasteiger partial charge in [0.15, 0.2) is 11.5 Å². The quantitative estimate of drug-likeness (QED) is 0.623. The summed E-state index contributed by atoms with van der Waals surface area (Å²) in [6.45, 7) is 4.02. The summed E-state index contributed by atoms with van der Waals surface area (Å²) in [4.78, 5) is 27.1. The molecule has 0 saturated carbocycles. The van der Waals surface area contributed by atoms with E-state index in [0.29, 0.717) is 24.7 Å². The van der Waals surface area contributed by atoms with Crippen LogP contribution in [0.4, 0.5) is 5.69 Å². The number of nitrogens with zero attached hydrogens (tertiary/aromatic N) is 2. The van der Waals surface area contributed by atoms with Gasteiger partial charge in [0.05, 0.1) is 11.9 Å². The first-order valence-electron chi connectivity index (χ1n) is 10.5. The molecule has 2 aromatic rings. The standard InChI is InChI=1S/C23H29N3O6S/c1-16-5-7-18(8-6-16)14-25(17(2)23(28)24-3)22(27)15-26(33(4,29)30)19-9-10-20-21(13-19)32-12-11-31-20/h5-10,13,17H,11-12,14-15H2,1-4H3,(H,24,28)/t17-/m1/s1. The summed E-state index contributed by atoms with van der Waals surface area (Å²) in [6, 6.07) is 11.5. The monoisotopic (exact) mass is 475 g/mol. The van der Waals surface area contributed by atoms with Gasteiger partial charge >= 0.3 is 0 Å². The van der Waals surface area contributed by atoms with Gasteiger partial charge in [-0.15, -0.1) is 0 Å². The molecule has 178 valence electrons. The molecule has 0 radical (unpaired) electrons. The largest absolute Gasteiger partial charge is 0.486 e. The lowest BCUT2D eigenvalue weighted by atomic mass is 10.1. The topological polar surface area (TPSA) is 105 Å². The van der Waals surface area contributed by atoms with Crippen LogP contribution in [0.25, 0.3) is 0 Å². The minimum Gasteiger partial charge on any atom is -0.486 e. The molecule has 0 fully saturated rings. The number of anilines is 1. The van der Waals surface area contributed by atoms with Gasteiger partial charge in [0.2, 0.25) is 21.8 Å². The Balaban J connectivity index is 1.91. The van der Waals surface area contributed by atoms with E-state index in [4.69, 9.17) is 9.47 Å². The molecule has 10 heteroatoms. The molecule has 9 nitrogen and oxygen atoms in total. The summed E-state index contributed by atoms with van der Waals surface area (Å²) < 4.78 is 37.3. The minimum absolute atomic E-state index is 0.159. The van der Waals surface area contributed by atoms with Gasteiger partial charge in [0.25, 0.3) is 0 Å². The van der Waals surface area contributed by atoms with Crippen molar-refractivity contribution in [2.75, 3.05) is 37.4 Å². The fourth-order valence-corrected chi connectivity index (χ4v) is 4.32. The van der Waals surface area contributed by atoms with Crippen LogP contribution in [0.5, 0.6) is 11.5 Å². The Kier molecular flexibility index (Phi) is 7.47. The van der Waals surface area contributed by atoms with Gasteiger partial charge in [0, 0.05) is 19.7 Å². The van der Waals surface area contributed by atoms with Crippen LogP contribution in [0.1, 0.15) is 18.1 Å². The predicted octanol–water partition coefficient (Wildman–Crippen LogP) is 1.70. The zero-order valence-electron chi connectivity index (χ0n) is 19.2. The van der Waals surface area contributed by atoms with Crippen molar-refractivity contribution in [1.82, 2.24) is 10.2 Å². The molecule has 0 unspecified atom stereocenters. The fraction of sp³-hybridized carbons (Fsp3) is 0.391. The average Bonchev–Trinajstić information content (AvgIpc) is 2.80. The van der Waals surface area contributed by atoms with Crippen molar-refractivity contribution in [3.05, 3.63) is 53.6 Å². The molecule has 1 aliphatic heterocycles. The Hall–Kier alpha value is -3.27. The summed E-state index contributed by atoms with van der Waals surface area (Å²) >= 11 is 0. The summed E-state index contributed by atoms with van der Waals surface area (Å²) in [7, 11) is -2.32. The Morgan fingerprint density at radius 3 is 2.30 bits per heavy atom. The highest BCUT2D eigenvalue weighted by atomic mass is 32.2. The number of hydrogen-bond donors (Lipinski definition) is 1. The minimum atomic E-state index is -3.81. The lowest BCUT2D eigenvalue weighted by Gasteiger charge is -2.31. The van der Waals surface area contributed by atoms with E-state index < -0.39 is 28.5 Å². The number of carbonyl (C=O) groups excluding carboxylic acids is 2. The first kappa shape index (κ1) is 24.4. The van der Waals surface area contributed by atoms with E-state index in [1.54, 1.807) is 19.1 Å². The number of ether oxygens (including phenoxy) is 2. The molecule has 1 aliphatic rings. The third-order valence-electron chi connectivity index (χ3n) is 5.38. The molecule has 2 amide bonds. The number of sulfonamides is 1. The molecular weight excluding hydrogens is 446 g/mol. The van der Waals surface area contributed by atoms with Crippen molar-refractivity contribution in [1.29, 1.82) is 0 Å². The lowest BCUT2D eigenvalue weighted by Crippen LogP contribution is -2.50. The highest BCUT2D eigenvalue weighted by Gasteiger charge is 2.30. The van der Waals surface area contributed by atoms with E-state index in [1.165, 1.54) is 18.0 Å². The summed E-state index contributed by atoms with van der Waals surface area (Å²) in [5.41, 5.74) is 2.17. The normalized spacial score (nSPS) is 13.7. The molecule has 2 aromatic carbocycles. The van der Waals surface area contributed by atoms with Gasteiger partial charge in [0.1, 0.15) is 25.8 Å². The fourth-order valence-electron chi connectivity index (χ4n) is 3.48. The third kappa shape index (κ3) is 5.95. The zero-order valence-corrected chi connectivity index (χ0v) is 20.0. The second-order valence-electron chi connectivity index (χ2n) is 7.90. The van der Waals surface area contributed by atoms with Crippen molar-refractivity contribution in [3.8, 4) is 11.5 Å². The molecule has 0 bridgehead atoms. The molecule has 3 rings (SSSR count). The molecule has 33 heavy (non-hydrogen) atoms. The van der Waals surface area contributed by atoms with E-state index in [9.17, 15) is 18.0 Å². The van der Waals surface area contributed by atoms with Gasteiger partial charge < -0.3 is 19.7 Å². The van der Waals surface area contributed by atoms with Gasteiger partial charge in [-0.2, -0.15) is 0 Å². The maximum Gasteiger partial charge on any atom is 0.244 e. The van der Waals surface area contributed by atoms with Crippen LogP contribution in [0.2, 0.25) is 0 Å². The van der Waals surface area contributed by atoms with Gasteiger partial charge in [-0.05, 0) is 31.5 Å². The van der Waals surface area contributed by atoms with Crippen molar-refractivity contribution in [2.45, 2.75) is 26.4 Å². The molecular formula is C23H29N3O6S. The van der Waals surface area contributed by atoms with Crippen LogP contribution in [-0.4, -0.2) is 64.2 Å². The van der Waals surface area contributed by atoms with E-state index in [-0.39, 0.29) is 18.1 Å². The number of rotatable bonds is 8. The number of hydrogen-bond acceptors (Lipinski definition) is 6. The number of fused-ring (bicyclic) bond motifs is 1. The van der Waals surface area contributed by atoms with E-state index >= 15 is 0 Å². The van der Waals surface area contributed by atoms with Crippen molar-refractivity contribution in [3.63, 3.8) is 0 Å². The Bertz CT molecular complexity index is 1120. The van der Waals surface area contributed by atoms with Crippen LogP contribution >= 0.6 is 0 Å². The number of carbonyl (C=O) groups is 2. The highest BCUT2D eigenvalue weighted by Crippen LogP contribution is 2.34. The number of benzene rings is 2. The summed E-state index contributed by atoms with van der Waals surface area (Å²) in [5, 5.41) is 2.55. The van der Waals surface area contributed by atoms with Crippen LogP contribution in [-0.2, 0) is 26.2 Å². The Morgan fingerprint density at radius 2 is 1.70 bits per heavy atom. The molecule has 0 saturated heterocycles. The van der Waals surface area contributed by atoms with Gasteiger partial charge in [-0.3, -0.25) is 13.9 Å². The van der Waals surface area contributed by atoms with Crippen molar-refractivity contribution in [2.24, 2.45) is 0 Å². The lowest BCUT2D eigenvalue weighted by molar-refractivity contribution is -0.139. The van der Waals surface area contributed by atoms with Crippen LogP contribution < -0.4 is 19.1 Å². The SMILES string of the molecule is CNC(=O)[C@@H](C)N(Cc1ccc(C)cc1)C(=O)CN(c1ccc2c(c1)OCCO2)S(C)(=O)=O. The first-order chi connectivity index (χ1) is 15.6. The smallest absolute Gasteiger partial charge is 0.244 e. The molecule has 0 spiro atoms. The maximum atomic E-state index is 13.4. The highest BCUT2D eigenvalue weighted by molar-refractivity contribution is 7.92. The average molecular weight is 476 g/mol. The number of aryl methyl sites for hydroxylation is 1. The second-order valence-corrected chi connectivity index (χ2v) is 9.80. The molecule has 1 N–H and O–H groups in total. The summed E-state index contributed by atoms with van der Waals surface area (Å²) in [6.07, 6.45) is 1.03. The predicted molar refractivity (Wildman–Crippen MR) is 125 cm³/mol. The number of nitrogens with one attached hydrogen (secondary N) is 1. The van der Waals surface area contributed by atoms with E-state index in [2.05, 4.69) is 5.32 Å². The van der Waals surface area contributed by atoms with Gasteiger partial charge in [-0.25, -0.2) is 8.42 Å².